The second-order valence-electron chi connectivity index (χ2n) is 10.3. The Labute approximate surface area is 238 Å². The normalized spacial score (nSPS) is 18.7. The van der Waals surface area contributed by atoms with Crippen molar-refractivity contribution in [2.45, 2.75) is 18.5 Å². The summed E-state index contributed by atoms with van der Waals surface area (Å²) in [6.07, 6.45) is 1.78. The van der Waals surface area contributed by atoms with Gasteiger partial charge in [-0.1, -0.05) is 48.5 Å². The molecule has 0 aliphatic carbocycles. The Bertz CT molecular complexity index is 1520. The van der Waals surface area contributed by atoms with Crippen molar-refractivity contribution in [3.8, 4) is 5.75 Å². The van der Waals surface area contributed by atoms with E-state index in [4.69, 9.17) is 4.74 Å². The molecule has 208 valence electrons. The van der Waals surface area contributed by atoms with Gasteiger partial charge in [-0.3, -0.25) is 9.59 Å². The third-order valence-electron chi connectivity index (χ3n) is 7.99. The fraction of sp³-hybridized carbons (Fsp3) is 0.242. The standard InChI is InChI=1S/C33H31FN4O3/c1-41-26-15-11-24(12-16-26)31-30(33(40)37-20-18-36(19-21-37)29-8-4-5-17-35-29)27-6-2-3-7-28(27)32(39)38(31)22-23-9-13-25(34)14-10-23/h2-17,30-31H,18-22H2,1H3/t30-,31+/m1/s1. The highest BCUT2D eigenvalue weighted by molar-refractivity contribution is 6.01. The zero-order valence-electron chi connectivity index (χ0n) is 22.8. The van der Waals surface area contributed by atoms with Crippen LogP contribution in [0.2, 0.25) is 0 Å². The van der Waals surface area contributed by atoms with Gasteiger partial charge in [0.25, 0.3) is 5.91 Å². The lowest BCUT2D eigenvalue weighted by Crippen LogP contribution is -2.53. The summed E-state index contributed by atoms with van der Waals surface area (Å²) in [5.74, 6) is 0.461. The summed E-state index contributed by atoms with van der Waals surface area (Å²) in [6.45, 7) is 2.68. The van der Waals surface area contributed by atoms with Crippen LogP contribution in [0.15, 0.2) is 97.2 Å². The van der Waals surface area contributed by atoms with Gasteiger partial charge in [0.2, 0.25) is 5.91 Å². The first kappa shape index (κ1) is 26.5. The summed E-state index contributed by atoms with van der Waals surface area (Å²) in [7, 11) is 1.60. The average Bonchev–Trinajstić information content (AvgIpc) is 3.03. The molecule has 2 atom stereocenters. The lowest BCUT2D eigenvalue weighted by atomic mass is 9.78. The minimum absolute atomic E-state index is 0.0180. The molecule has 0 bridgehead atoms. The summed E-state index contributed by atoms with van der Waals surface area (Å²) in [5.41, 5.74) is 2.87. The number of carbonyl (C=O) groups excluding carboxylic acids is 2. The van der Waals surface area contributed by atoms with Crippen LogP contribution in [0.3, 0.4) is 0 Å². The Balaban J connectivity index is 1.38. The second-order valence-corrected chi connectivity index (χ2v) is 10.3. The Morgan fingerprint density at radius 2 is 1.61 bits per heavy atom. The number of halogens is 1. The predicted molar refractivity (Wildman–Crippen MR) is 154 cm³/mol. The number of carbonyl (C=O) groups is 2. The molecule has 6 rings (SSSR count). The first-order chi connectivity index (χ1) is 20.0. The molecule has 0 saturated carbocycles. The van der Waals surface area contributed by atoms with Crippen molar-refractivity contribution >= 4 is 17.6 Å². The summed E-state index contributed by atoms with van der Waals surface area (Å²) in [4.78, 5) is 38.8. The van der Waals surface area contributed by atoms with Gasteiger partial charge in [-0.25, -0.2) is 9.37 Å². The van der Waals surface area contributed by atoms with Gasteiger partial charge < -0.3 is 19.4 Å². The van der Waals surface area contributed by atoms with Gasteiger partial charge in [-0.15, -0.1) is 0 Å². The minimum Gasteiger partial charge on any atom is -0.497 e. The number of pyridine rings is 1. The van der Waals surface area contributed by atoms with Crippen LogP contribution in [0.5, 0.6) is 5.75 Å². The van der Waals surface area contributed by atoms with Crippen molar-refractivity contribution in [3.63, 3.8) is 0 Å². The van der Waals surface area contributed by atoms with E-state index in [9.17, 15) is 14.0 Å². The van der Waals surface area contributed by atoms with Gasteiger partial charge in [0.05, 0.1) is 19.1 Å². The molecule has 1 aromatic heterocycles. The molecule has 3 heterocycles. The Morgan fingerprint density at radius 1 is 0.902 bits per heavy atom. The maximum absolute atomic E-state index is 14.5. The van der Waals surface area contributed by atoms with Crippen LogP contribution < -0.4 is 9.64 Å². The molecule has 7 nitrogen and oxygen atoms in total. The number of methoxy groups -OCH3 is 1. The average molecular weight is 551 g/mol. The zero-order valence-corrected chi connectivity index (χ0v) is 22.8. The Morgan fingerprint density at radius 3 is 2.29 bits per heavy atom. The van der Waals surface area contributed by atoms with E-state index in [1.165, 1.54) is 12.1 Å². The van der Waals surface area contributed by atoms with Crippen LogP contribution in [-0.4, -0.2) is 59.9 Å². The molecule has 3 aromatic carbocycles. The first-order valence-corrected chi connectivity index (χ1v) is 13.8. The highest BCUT2D eigenvalue weighted by atomic mass is 19.1. The number of amides is 2. The van der Waals surface area contributed by atoms with E-state index in [0.717, 1.165) is 22.5 Å². The lowest BCUT2D eigenvalue weighted by molar-refractivity contribution is -0.135. The van der Waals surface area contributed by atoms with Crippen LogP contribution in [0, 0.1) is 5.82 Å². The van der Waals surface area contributed by atoms with E-state index in [1.807, 2.05) is 65.6 Å². The maximum atomic E-state index is 14.5. The number of nitrogens with zero attached hydrogens (tertiary/aromatic N) is 4. The molecule has 41 heavy (non-hydrogen) atoms. The van der Waals surface area contributed by atoms with Gasteiger partial charge in [0, 0.05) is 44.5 Å². The van der Waals surface area contributed by atoms with Gasteiger partial charge in [-0.2, -0.15) is 0 Å². The van der Waals surface area contributed by atoms with E-state index >= 15 is 0 Å². The quantitative estimate of drug-likeness (QED) is 0.336. The number of ether oxygens (including phenoxy) is 1. The molecule has 0 unspecified atom stereocenters. The molecule has 0 spiro atoms. The van der Waals surface area contributed by atoms with Crippen LogP contribution in [0.4, 0.5) is 10.2 Å². The highest BCUT2D eigenvalue weighted by Crippen LogP contribution is 2.45. The molecular weight excluding hydrogens is 519 g/mol. The van der Waals surface area contributed by atoms with Crippen LogP contribution >= 0.6 is 0 Å². The van der Waals surface area contributed by atoms with Crippen molar-refractivity contribution in [1.29, 1.82) is 0 Å². The number of hydrogen-bond acceptors (Lipinski definition) is 5. The summed E-state index contributed by atoms with van der Waals surface area (Å²) in [6, 6.07) is 26.4. The molecule has 1 saturated heterocycles. The van der Waals surface area contributed by atoms with Gasteiger partial charge >= 0.3 is 0 Å². The van der Waals surface area contributed by atoms with Gasteiger partial charge in [0.1, 0.15) is 17.4 Å². The number of fused-ring (bicyclic) bond motifs is 1. The number of anilines is 1. The largest absolute Gasteiger partial charge is 0.497 e. The van der Waals surface area contributed by atoms with Crippen LogP contribution in [0.25, 0.3) is 0 Å². The zero-order chi connectivity index (χ0) is 28.3. The smallest absolute Gasteiger partial charge is 0.255 e. The molecule has 8 heteroatoms. The number of rotatable bonds is 6. The molecule has 2 aliphatic rings. The fourth-order valence-corrected chi connectivity index (χ4v) is 5.89. The SMILES string of the molecule is COc1ccc([C@H]2[C@H](C(=O)N3CCN(c4ccccn4)CC3)c3ccccc3C(=O)N2Cc2ccc(F)cc2)cc1. The van der Waals surface area contributed by atoms with E-state index in [0.29, 0.717) is 37.5 Å². The summed E-state index contributed by atoms with van der Waals surface area (Å²) >= 11 is 0. The number of benzene rings is 3. The lowest BCUT2D eigenvalue weighted by Gasteiger charge is -2.44. The van der Waals surface area contributed by atoms with E-state index in [2.05, 4.69) is 9.88 Å². The van der Waals surface area contributed by atoms with Crippen molar-refractivity contribution in [2.24, 2.45) is 0 Å². The monoisotopic (exact) mass is 550 g/mol. The molecule has 1 fully saturated rings. The number of piperazine rings is 1. The van der Waals surface area contributed by atoms with Crippen molar-refractivity contribution in [2.75, 3.05) is 38.2 Å². The van der Waals surface area contributed by atoms with Crippen molar-refractivity contribution in [1.82, 2.24) is 14.8 Å². The minimum atomic E-state index is -0.612. The fourth-order valence-electron chi connectivity index (χ4n) is 5.89. The molecule has 4 aromatic rings. The molecule has 0 N–H and O–H groups in total. The van der Waals surface area contributed by atoms with Crippen LogP contribution in [-0.2, 0) is 11.3 Å². The van der Waals surface area contributed by atoms with E-state index in [-0.39, 0.29) is 24.2 Å². The maximum Gasteiger partial charge on any atom is 0.255 e. The second kappa shape index (κ2) is 11.4. The third kappa shape index (κ3) is 5.25. The van der Waals surface area contributed by atoms with Crippen LogP contribution in [0.1, 0.15) is 39.0 Å². The topological polar surface area (TPSA) is 66.0 Å². The molecule has 2 aliphatic heterocycles. The summed E-state index contributed by atoms with van der Waals surface area (Å²) in [5, 5.41) is 0. The van der Waals surface area contributed by atoms with E-state index < -0.39 is 12.0 Å². The molecular formula is C33H31FN4O3. The Hall–Kier alpha value is -4.72. The van der Waals surface area contributed by atoms with Crippen molar-refractivity contribution < 1.29 is 18.7 Å². The molecule has 2 amide bonds. The van der Waals surface area contributed by atoms with Gasteiger partial charge in [-0.05, 0) is 59.2 Å². The van der Waals surface area contributed by atoms with Gasteiger partial charge in [0.15, 0.2) is 0 Å². The first-order valence-electron chi connectivity index (χ1n) is 13.8. The number of hydrogen-bond donors (Lipinski definition) is 0. The van der Waals surface area contributed by atoms with Crippen molar-refractivity contribution in [3.05, 3.63) is 125 Å². The third-order valence-corrected chi connectivity index (χ3v) is 7.99. The Kier molecular flexibility index (Phi) is 7.37. The summed E-state index contributed by atoms with van der Waals surface area (Å²) < 4.78 is 19.1. The number of aromatic nitrogens is 1. The molecule has 0 radical (unpaired) electrons. The highest BCUT2D eigenvalue weighted by Gasteiger charge is 2.45. The predicted octanol–water partition coefficient (Wildman–Crippen LogP) is 5.06. The van der Waals surface area contributed by atoms with E-state index in [1.54, 1.807) is 36.4 Å².